The molecule has 5 nitrogen and oxygen atoms in total. The molecule has 0 fully saturated rings. The maximum absolute atomic E-state index is 11.5. The van der Waals surface area contributed by atoms with Crippen LogP contribution in [0.4, 0.5) is 5.69 Å². The number of hydrogen-bond donors (Lipinski definition) is 1. The Morgan fingerprint density at radius 2 is 1.96 bits per heavy atom. The van der Waals surface area contributed by atoms with Crippen LogP contribution in [0.3, 0.4) is 0 Å². The standard InChI is InChI=1S/C12H23NO2.C10H11NOS/c1-3-4-5-6-7-8-9-10-11(15-2)12(13)14;1-11-8-4-2-3-5-9(8)13-7-6-10(11)12/h6-7,11H,3-5,8-10H2,1-2H3,(H2,13,14);2-5H,6-7H2,1H3/b7-6+;. The smallest absolute Gasteiger partial charge is 0.246 e. The summed E-state index contributed by atoms with van der Waals surface area (Å²) in [5.74, 6) is 0.727. The Labute approximate surface area is 173 Å². The second-order valence-corrected chi connectivity index (χ2v) is 7.83. The Bertz CT molecular complexity index is 634. The van der Waals surface area contributed by atoms with Crippen molar-refractivity contribution in [3.63, 3.8) is 0 Å². The van der Waals surface area contributed by atoms with Gasteiger partial charge in [0.25, 0.3) is 0 Å². The van der Waals surface area contributed by atoms with Crippen molar-refractivity contribution in [3.05, 3.63) is 36.4 Å². The first-order valence-corrected chi connectivity index (χ1v) is 10.9. The minimum atomic E-state index is -0.422. The number of fused-ring (bicyclic) bond motifs is 1. The van der Waals surface area contributed by atoms with Gasteiger partial charge in [0.1, 0.15) is 6.10 Å². The molecule has 1 aliphatic heterocycles. The van der Waals surface area contributed by atoms with Crippen molar-refractivity contribution >= 4 is 29.3 Å². The average Bonchev–Trinajstić information content (AvgIpc) is 2.83. The summed E-state index contributed by atoms with van der Waals surface area (Å²) in [5.41, 5.74) is 6.18. The number of ether oxygens (including phenoxy) is 1. The minimum absolute atomic E-state index is 0.206. The fourth-order valence-electron chi connectivity index (χ4n) is 2.76. The third-order valence-corrected chi connectivity index (χ3v) is 5.57. The number of primary amides is 1. The number of thioether (sulfide) groups is 1. The molecule has 0 saturated carbocycles. The maximum atomic E-state index is 11.5. The van der Waals surface area contributed by atoms with E-state index >= 15 is 0 Å². The molecule has 0 saturated heterocycles. The van der Waals surface area contributed by atoms with Crippen LogP contribution in [0.5, 0.6) is 0 Å². The summed E-state index contributed by atoms with van der Waals surface area (Å²) in [6.07, 6.45) is 10.9. The Balaban J connectivity index is 0.000000281. The molecule has 28 heavy (non-hydrogen) atoms. The molecule has 2 amide bonds. The summed E-state index contributed by atoms with van der Waals surface area (Å²) in [7, 11) is 3.36. The highest BCUT2D eigenvalue weighted by Gasteiger charge is 2.18. The molecule has 1 atom stereocenters. The maximum Gasteiger partial charge on any atom is 0.246 e. The third kappa shape index (κ3) is 8.93. The molecule has 1 aliphatic rings. The molecule has 2 rings (SSSR count). The van der Waals surface area contributed by atoms with Crippen LogP contribution in [0.2, 0.25) is 0 Å². The van der Waals surface area contributed by atoms with Crippen molar-refractivity contribution in [3.8, 4) is 0 Å². The zero-order valence-electron chi connectivity index (χ0n) is 17.4. The van der Waals surface area contributed by atoms with E-state index in [0.717, 1.165) is 30.7 Å². The topological polar surface area (TPSA) is 72.6 Å². The molecule has 6 heteroatoms. The molecule has 0 aliphatic carbocycles. The van der Waals surface area contributed by atoms with Crippen LogP contribution >= 0.6 is 11.8 Å². The van der Waals surface area contributed by atoms with Crippen LogP contribution < -0.4 is 10.6 Å². The number of amides is 2. The van der Waals surface area contributed by atoms with Crippen LogP contribution in [0.25, 0.3) is 0 Å². The van der Waals surface area contributed by atoms with Crippen molar-refractivity contribution in [2.24, 2.45) is 5.73 Å². The van der Waals surface area contributed by atoms with Gasteiger partial charge in [-0.15, -0.1) is 11.8 Å². The Morgan fingerprint density at radius 3 is 2.61 bits per heavy atom. The molecule has 0 radical (unpaired) electrons. The molecule has 0 bridgehead atoms. The largest absolute Gasteiger partial charge is 0.372 e. The molecule has 2 N–H and O–H groups in total. The van der Waals surface area contributed by atoms with Gasteiger partial charge >= 0.3 is 0 Å². The number of hydrogen-bond acceptors (Lipinski definition) is 4. The van der Waals surface area contributed by atoms with Crippen molar-refractivity contribution in [2.45, 2.75) is 62.9 Å². The zero-order chi connectivity index (χ0) is 20.8. The van der Waals surface area contributed by atoms with Crippen molar-refractivity contribution in [1.29, 1.82) is 0 Å². The van der Waals surface area contributed by atoms with Crippen molar-refractivity contribution in [1.82, 2.24) is 0 Å². The van der Waals surface area contributed by atoms with E-state index in [2.05, 4.69) is 25.1 Å². The van der Waals surface area contributed by atoms with Crippen LogP contribution in [0, 0.1) is 0 Å². The summed E-state index contributed by atoms with van der Waals surface area (Å²) < 4.78 is 4.96. The lowest BCUT2D eigenvalue weighted by Gasteiger charge is -2.16. The van der Waals surface area contributed by atoms with Gasteiger partial charge < -0.3 is 15.4 Å². The number of nitrogens with zero attached hydrogens (tertiary/aromatic N) is 1. The lowest BCUT2D eigenvalue weighted by atomic mass is 10.1. The van der Waals surface area contributed by atoms with Crippen molar-refractivity contribution in [2.75, 3.05) is 24.8 Å². The number of carbonyl (C=O) groups is 2. The summed E-state index contributed by atoms with van der Waals surface area (Å²) in [4.78, 5) is 25.3. The van der Waals surface area contributed by atoms with Crippen LogP contribution in [-0.4, -0.2) is 37.8 Å². The fourth-order valence-corrected chi connectivity index (χ4v) is 3.79. The Kier molecular flexibility index (Phi) is 12.3. The van der Waals surface area contributed by atoms with Gasteiger partial charge in [-0.1, -0.05) is 44.1 Å². The minimum Gasteiger partial charge on any atom is -0.372 e. The number of para-hydroxylation sites is 1. The lowest BCUT2D eigenvalue weighted by molar-refractivity contribution is -0.128. The molecule has 1 aromatic carbocycles. The second kappa shape index (κ2) is 14.2. The van der Waals surface area contributed by atoms with Gasteiger partial charge in [-0.05, 0) is 37.8 Å². The highest BCUT2D eigenvalue weighted by Crippen LogP contribution is 2.32. The van der Waals surface area contributed by atoms with E-state index in [1.165, 1.54) is 24.8 Å². The Morgan fingerprint density at radius 1 is 1.29 bits per heavy atom. The molecule has 0 aromatic heterocycles. The second-order valence-electron chi connectivity index (χ2n) is 6.69. The predicted molar refractivity (Wildman–Crippen MR) is 118 cm³/mol. The fraction of sp³-hybridized carbons (Fsp3) is 0.545. The molecule has 0 spiro atoms. The van der Waals surface area contributed by atoms with E-state index in [1.54, 1.807) is 16.7 Å². The number of rotatable bonds is 9. The van der Waals surface area contributed by atoms with Gasteiger partial charge in [0, 0.05) is 31.2 Å². The molecule has 156 valence electrons. The van der Waals surface area contributed by atoms with Crippen LogP contribution in [0.15, 0.2) is 41.3 Å². The monoisotopic (exact) mass is 406 g/mol. The summed E-state index contributed by atoms with van der Waals surface area (Å²) in [6.45, 7) is 2.18. The number of allylic oxidation sites excluding steroid dienone is 2. The summed E-state index contributed by atoms with van der Waals surface area (Å²) >= 11 is 1.75. The zero-order valence-corrected chi connectivity index (χ0v) is 18.2. The Hall–Kier alpha value is -1.79. The van der Waals surface area contributed by atoms with Gasteiger partial charge in [0.2, 0.25) is 11.8 Å². The molecular weight excluding hydrogens is 372 g/mol. The van der Waals surface area contributed by atoms with Gasteiger partial charge in [0.05, 0.1) is 5.69 Å². The van der Waals surface area contributed by atoms with E-state index in [-0.39, 0.29) is 11.8 Å². The van der Waals surface area contributed by atoms with Gasteiger partial charge in [0.15, 0.2) is 0 Å². The van der Waals surface area contributed by atoms with Gasteiger partial charge in [-0.25, -0.2) is 0 Å². The van der Waals surface area contributed by atoms with E-state index in [4.69, 9.17) is 10.5 Å². The quantitative estimate of drug-likeness (QED) is 0.482. The highest BCUT2D eigenvalue weighted by atomic mass is 32.2. The summed E-state index contributed by atoms with van der Waals surface area (Å²) in [6, 6.07) is 8.03. The summed E-state index contributed by atoms with van der Waals surface area (Å²) in [5, 5.41) is 0. The van der Waals surface area contributed by atoms with Crippen molar-refractivity contribution < 1.29 is 14.3 Å². The first-order valence-electron chi connectivity index (χ1n) is 9.96. The lowest BCUT2D eigenvalue weighted by Crippen LogP contribution is -2.29. The van der Waals surface area contributed by atoms with E-state index < -0.39 is 6.10 Å². The normalized spacial score (nSPS) is 14.8. The molecule has 1 heterocycles. The molecule has 1 aromatic rings. The predicted octanol–water partition coefficient (Wildman–Crippen LogP) is 4.55. The first-order chi connectivity index (χ1) is 13.5. The molecule has 1 unspecified atom stereocenters. The number of benzene rings is 1. The number of nitrogens with two attached hydrogens (primary N) is 1. The number of methoxy groups -OCH3 is 1. The van der Waals surface area contributed by atoms with Crippen LogP contribution in [0.1, 0.15) is 51.9 Å². The highest BCUT2D eigenvalue weighted by molar-refractivity contribution is 7.99. The number of unbranched alkanes of at least 4 members (excludes halogenated alkanes) is 3. The average molecular weight is 407 g/mol. The van der Waals surface area contributed by atoms with Gasteiger partial charge in [-0.2, -0.15) is 0 Å². The number of carbonyl (C=O) groups excluding carboxylic acids is 2. The molecular formula is C22H34N2O3S. The third-order valence-electron chi connectivity index (χ3n) is 4.50. The van der Waals surface area contributed by atoms with Gasteiger partial charge in [-0.3, -0.25) is 9.59 Å². The van der Waals surface area contributed by atoms with E-state index in [9.17, 15) is 9.59 Å². The van der Waals surface area contributed by atoms with Crippen LogP contribution in [-0.2, 0) is 14.3 Å². The SMILES string of the molecule is CCCC/C=C/CCCC(OC)C(N)=O.CN1C(=O)CCSc2ccccc21. The number of anilines is 1. The van der Waals surface area contributed by atoms with E-state index in [1.807, 2.05) is 25.2 Å². The first kappa shape index (κ1) is 24.2. The van der Waals surface area contributed by atoms with E-state index in [0.29, 0.717) is 12.8 Å².